The normalized spacial score (nSPS) is 9.20. The van der Waals surface area contributed by atoms with Crippen molar-refractivity contribution in [2.45, 2.75) is 13.8 Å². The van der Waals surface area contributed by atoms with Crippen LogP contribution in [0.2, 0.25) is 0 Å². The van der Waals surface area contributed by atoms with E-state index in [1.165, 1.54) is 6.07 Å². The van der Waals surface area contributed by atoms with E-state index in [9.17, 15) is 4.79 Å². The van der Waals surface area contributed by atoms with Crippen LogP contribution in [0.4, 0.5) is 5.69 Å². The highest BCUT2D eigenvalue weighted by molar-refractivity contribution is 5.92. The van der Waals surface area contributed by atoms with Crippen molar-refractivity contribution in [1.29, 1.82) is 0 Å². The molecule has 78 valence electrons. The molecule has 0 radical (unpaired) electrons. The van der Waals surface area contributed by atoms with Gasteiger partial charge in [-0.15, -0.1) is 0 Å². The van der Waals surface area contributed by atoms with Crippen molar-refractivity contribution >= 4 is 11.7 Å². The van der Waals surface area contributed by atoms with E-state index in [0.717, 1.165) is 5.56 Å². The molecule has 5 nitrogen and oxygen atoms in total. The van der Waals surface area contributed by atoms with Gasteiger partial charge in [0.2, 0.25) is 0 Å². The fraction of sp³-hybridized carbons (Fsp3) is 0.300. The lowest BCUT2D eigenvalue weighted by molar-refractivity contribution is 0.0525. The standard InChI is InChI=1S/C10H11N3O2/c1-3-15-10(14)9-6-8(12-13-11)5-4-7(9)2/h4-6H,3H2,1-2H3. The maximum atomic E-state index is 11.5. The molecule has 0 amide bonds. The van der Waals surface area contributed by atoms with Gasteiger partial charge in [0.15, 0.2) is 0 Å². The topological polar surface area (TPSA) is 75.1 Å². The molecule has 0 bridgehead atoms. The smallest absolute Gasteiger partial charge is 0.338 e. The summed E-state index contributed by atoms with van der Waals surface area (Å²) in [4.78, 5) is 14.1. The lowest BCUT2D eigenvalue weighted by atomic mass is 10.1. The Labute approximate surface area is 87.3 Å². The molecule has 0 unspecified atom stereocenters. The van der Waals surface area contributed by atoms with Crippen LogP contribution in [0.25, 0.3) is 10.4 Å². The molecule has 0 atom stereocenters. The van der Waals surface area contributed by atoms with Gasteiger partial charge >= 0.3 is 5.97 Å². The number of benzene rings is 1. The highest BCUT2D eigenvalue weighted by Crippen LogP contribution is 2.18. The summed E-state index contributed by atoms with van der Waals surface area (Å²) in [5, 5.41) is 3.42. The number of aryl methyl sites for hydroxylation is 1. The quantitative estimate of drug-likeness (QED) is 0.329. The first-order chi connectivity index (χ1) is 7.19. The van der Waals surface area contributed by atoms with Gasteiger partial charge in [-0.05, 0) is 31.0 Å². The SMILES string of the molecule is CCOC(=O)c1cc(N=[N+]=[N-])ccc1C. The molecule has 0 saturated heterocycles. The van der Waals surface area contributed by atoms with Crippen LogP contribution < -0.4 is 0 Å². The number of hydrogen-bond donors (Lipinski definition) is 0. The van der Waals surface area contributed by atoms with Crippen LogP contribution in [-0.4, -0.2) is 12.6 Å². The largest absolute Gasteiger partial charge is 0.462 e. The second-order valence-corrected chi connectivity index (χ2v) is 2.91. The second kappa shape index (κ2) is 5.02. The van der Waals surface area contributed by atoms with Gasteiger partial charge in [0.05, 0.1) is 12.2 Å². The molecule has 0 aliphatic heterocycles. The number of hydrogen-bond acceptors (Lipinski definition) is 3. The van der Waals surface area contributed by atoms with E-state index >= 15 is 0 Å². The molecule has 0 aromatic heterocycles. The predicted octanol–water partition coefficient (Wildman–Crippen LogP) is 3.11. The summed E-state index contributed by atoms with van der Waals surface area (Å²) >= 11 is 0. The number of esters is 1. The highest BCUT2D eigenvalue weighted by Gasteiger charge is 2.09. The van der Waals surface area contributed by atoms with Crippen molar-refractivity contribution < 1.29 is 9.53 Å². The third kappa shape index (κ3) is 2.72. The summed E-state index contributed by atoms with van der Waals surface area (Å²) in [5.74, 6) is -0.398. The first-order valence-electron chi connectivity index (χ1n) is 4.52. The molecule has 0 fully saturated rings. The Hall–Kier alpha value is -2.00. The first-order valence-corrected chi connectivity index (χ1v) is 4.52. The van der Waals surface area contributed by atoms with E-state index < -0.39 is 5.97 Å². The van der Waals surface area contributed by atoms with Crippen LogP contribution in [0.5, 0.6) is 0 Å². The number of ether oxygens (including phenoxy) is 1. The first kappa shape index (κ1) is 11.1. The summed E-state index contributed by atoms with van der Waals surface area (Å²) in [5.41, 5.74) is 9.90. The molecule has 0 N–H and O–H groups in total. The zero-order chi connectivity index (χ0) is 11.3. The van der Waals surface area contributed by atoms with Crippen LogP contribution in [0.15, 0.2) is 23.3 Å². The monoisotopic (exact) mass is 205 g/mol. The molecule has 1 rings (SSSR count). The maximum absolute atomic E-state index is 11.5. The molecule has 0 spiro atoms. The van der Waals surface area contributed by atoms with Crippen LogP contribution in [-0.2, 0) is 4.74 Å². The summed E-state index contributed by atoms with van der Waals surface area (Å²) < 4.78 is 4.87. The molecular weight excluding hydrogens is 194 g/mol. The van der Waals surface area contributed by atoms with Gasteiger partial charge in [0.1, 0.15) is 0 Å². The van der Waals surface area contributed by atoms with Crippen LogP contribution in [0, 0.1) is 6.92 Å². The predicted molar refractivity (Wildman–Crippen MR) is 55.9 cm³/mol. The van der Waals surface area contributed by atoms with E-state index in [1.807, 2.05) is 0 Å². The summed E-state index contributed by atoms with van der Waals surface area (Å²) in [6, 6.07) is 4.89. The van der Waals surface area contributed by atoms with Crippen molar-refractivity contribution in [2.24, 2.45) is 5.11 Å². The van der Waals surface area contributed by atoms with Crippen molar-refractivity contribution in [3.05, 3.63) is 39.8 Å². The zero-order valence-electron chi connectivity index (χ0n) is 8.60. The summed E-state index contributed by atoms with van der Waals surface area (Å²) in [6.07, 6.45) is 0. The Bertz CT molecular complexity index is 423. The van der Waals surface area contributed by atoms with Gasteiger partial charge in [0, 0.05) is 10.6 Å². The average Bonchev–Trinajstić information content (AvgIpc) is 2.21. The van der Waals surface area contributed by atoms with Gasteiger partial charge in [-0.25, -0.2) is 4.79 Å². The van der Waals surface area contributed by atoms with Crippen LogP contribution in [0.3, 0.4) is 0 Å². The minimum Gasteiger partial charge on any atom is -0.462 e. The van der Waals surface area contributed by atoms with Crippen LogP contribution >= 0.6 is 0 Å². The van der Waals surface area contributed by atoms with Crippen molar-refractivity contribution in [1.82, 2.24) is 0 Å². The molecule has 0 heterocycles. The van der Waals surface area contributed by atoms with Crippen molar-refractivity contribution in [3.8, 4) is 0 Å². The molecule has 1 aromatic rings. The highest BCUT2D eigenvalue weighted by atomic mass is 16.5. The number of carbonyl (C=O) groups is 1. The third-order valence-electron chi connectivity index (χ3n) is 1.88. The fourth-order valence-electron chi connectivity index (χ4n) is 1.15. The fourth-order valence-corrected chi connectivity index (χ4v) is 1.15. The Morgan fingerprint density at radius 1 is 1.60 bits per heavy atom. The Morgan fingerprint density at radius 3 is 2.93 bits per heavy atom. The number of rotatable bonds is 3. The summed E-state index contributed by atoms with van der Waals surface area (Å²) in [7, 11) is 0. The zero-order valence-corrected chi connectivity index (χ0v) is 8.60. The van der Waals surface area contributed by atoms with Gasteiger partial charge < -0.3 is 4.74 Å². The van der Waals surface area contributed by atoms with E-state index in [2.05, 4.69) is 10.0 Å². The third-order valence-corrected chi connectivity index (χ3v) is 1.88. The molecular formula is C10H11N3O2. The van der Waals surface area contributed by atoms with Gasteiger partial charge in [-0.3, -0.25) is 0 Å². The van der Waals surface area contributed by atoms with E-state index in [4.69, 9.17) is 10.3 Å². The molecule has 0 saturated carbocycles. The Balaban J connectivity index is 3.10. The van der Waals surface area contributed by atoms with E-state index in [-0.39, 0.29) is 0 Å². The Morgan fingerprint density at radius 2 is 2.33 bits per heavy atom. The van der Waals surface area contributed by atoms with E-state index in [1.54, 1.807) is 26.0 Å². The maximum Gasteiger partial charge on any atom is 0.338 e. The minimum atomic E-state index is -0.398. The number of carbonyl (C=O) groups excluding carboxylic acids is 1. The van der Waals surface area contributed by atoms with Crippen LogP contribution in [0.1, 0.15) is 22.8 Å². The second-order valence-electron chi connectivity index (χ2n) is 2.91. The molecule has 0 aliphatic carbocycles. The number of azide groups is 1. The molecule has 1 aromatic carbocycles. The Kier molecular flexibility index (Phi) is 3.71. The molecule has 0 aliphatic rings. The molecule has 5 heteroatoms. The van der Waals surface area contributed by atoms with Crippen molar-refractivity contribution in [2.75, 3.05) is 6.61 Å². The minimum absolute atomic E-state index is 0.323. The van der Waals surface area contributed by atoms with E-state index in [0.29, 0.717) is 17.9 Å². The lowest BCUT2D eigenvalue weighted by Gasteiger charge is -2.05. The average molecular weight is 205 g/mol. The van der Waals surface area contributed by atoms with Gasteiger partial charge in [-0.2, -0.15) is 0 Å². The lowest BCUT2D eigenvalue weighted by Crippen LogP contribution is -2.06. The van der Waals surface area contributed by atoms with Gasteiger partial charge in [-0.1, -0.05) is 17.2 Å². The van der Waals surface area contributed by atoms with Crippen molar-refractivity contribution in [3.63, 3.8) is 0 Å². The summed E-state index contributed by atoms with van der Waals surface area (Å²) in [6.45, 7) is 3.86. The van der Waals surface area contributed by atoms with Gasteiger partial charge in [0.25, 0.3) is 0 Å². The molecule has 15 heavy (non-hydrogen) atoms. The number of nitrogens with zero attached hydrogens (tertiary/aromatic N) is 3.